The van der Waals surface area contributed by atoms with Crippen LogP contribution in [0.15, 0.2) is 15.7 Å². The van der Waals surface area contributed by atoms with Gasteiger partial charge in [-0.05, 0) is 12.7 Å². The van der Waals surface area contributed by atoms with E-state index in [1.54, 1.807) is 11.8 Å². The first kappa shape index (κ1) is 11.9. The lowest BCUT2D eigenvalue weighted by Gasteiger charge is -2.11. The van der Waals surface area contributed by atoms with Crippen molar-refractivity contribution in [3.8, 4) is 0 Å². The van der Waals surface area contributed by atoms with Crippen LogP contribution in [-0.2, 0) is 6.54 Å². The van der Waals surface area contributed by atoms with Gasteiger partial charge in [-0.3, -0.25) is 14.3 Å². The van der Waals surface area contributed by atoms with Crippen molar-refractivity contribution in [2.24, 2.45) is 0 Å². The van der Waals surface area contributed by atoms with Crippen LogP contribution in [0.5, 0.6) is 0 Å². The molecule has 1 unspecified atom stereocenters. The first-order valence-electron chi connectivity index (χ1n) is 4.67. The van der Waals surface area contributed by atoms with Crippen molar-refractivity contribution in [1.82, 2.24) is 9.55 Å². The molecule has 1 heterocycles. The monoisotopic (exact) mass is 229 g/mol. The maximum atomic E-state index is 11.4. The highest BCUT2D eigenvalue weighted by atomic mass is 32.2. The molecule has 0 spiro atoms. The minimum atomic E-state index is -0.452. The SMILES string of the molecule is CSC(C)CCn1c(N)cc(=O)[nH]c1=O. The highest BCUT2D eigenvalue weighted by Gasteiger charge is 2.05. The van der Waals surface area contributed by atoms with E-state index in [4.69, 9.17) is 5.73 Å². The molecule has 0 aliphatic carbocycles. The predicted octanol–water partition coefficient (Wildman–Crippen LogP) is 0.260. The van der Waals surface area contributed by atoms with Crippen LogP contribution in [0, 0.1) is 0 Å². The number of anilines is 1. The van der Waals surface area contributed by atoms with Gasteiger partial charge in [0.15, 0.2) is 0 Å². The summed E-state index contributed by atoms with van der Waals surface area (Å²) in [6.45, 7) is 2.61. The average Bonchev–Trinajstić information content (AvgIpc) is 2.15. The molecule has 84 valence electrons. The normalized spacial score (nSPS) is 12.7. The van der Waals surface area contributed by atoms with Crippen molar-refractivity contribution in [3.63, 3.8) is 0 Å². The number of aromatic amines is 1. The van der Waals surface area contributed by atoms with E-state index in [1.807, 2.05) is 6.26 Å². The Labute approximate surface area is 91.7 Å². The number of rotatable bonds is 4. The molecule has 6 heteroatoms. The lowest BCUT2D eigenvalue weighted by atomic mass is 10.3. The van der Waals surface area contributed by atoms with Crippen molar-refractivity contribution < 1.29 is 0 Å². The molecule has 0 bridgehead atoms. The van der Waals surface area contributed by atoms with Gasteiger partial charge in [0.2, 0.25) is 0 Å². The molecule has 5 nitrogen and oxygen atoms in total. The summed E-state index contributed by atoms with van der Waals surface area (Å²) in [4.78, 5) is 24.5. The van der Waals surface area contributed by atoms with Crippen molar-refractivity contribution >= 4 is 17.6 Å². The smallest absolute Gasteiger partial charge is 0.329 e. The van der Waals surface area contributed by atoms with Crippen molar-refractivity contribution in [2.75, 3.05) is 12.0 Å². The van der Waals surface area contributed by atoms with Gasteiger partial charge >= 0.3 is 5.69 Å². The van der Waals surface area contributed by atoms with E-state index in [2.05, 4.69) is 11.9 Å². The van der Waals surface area contributed by atoms with Crippen molar-refractivity contribution in [1.29, 1.82) is 0 Å². The number of H-pyrrole nitrogens is 1. The zero-order valence-corrected chi connectivity index (χ0v) is 9.63. The number of aromatic nitrogens is 2. The van der Waals surface area contributed by atoms with Crippen LogP contribution in [-0.4, -0.2) is 21.1 Å². The molecule has 0 saturated carbocycles. The lowest BCUT2D eigenvalue weighted by molar-refractivity contribution is 0.612. The number of nitrogens with one attached hydrogen (secondary N) is 1. The van der Waals surface area contributed by atoms with Gasteiger partial charge in [0.1, 0.15) is 5.82 Å². The average molecular weight is 229 g/mol. The van der Waals surface area contributed by atoms with Gasteiger partial charge in [-0.2, -0.15) is 11.8 Å². The number of hydrogen-bond acceptors (Lipinski definition) is 4. The summed E-state index contributed by atoms with van der Waals surface area (Å²) in [6, 6.07) is 1.23. The Balaban J connectivity index is 2.86. The second-order valence-corrected chi connectivity index (χ2v) is 4.63. The summed E-state index contributed by atoms with van der Waals surface area (Å²) >= 11 is 1.73. The van der Waals surface area contributed by atoms with Crippen LogP contribution >= 0.6 is 11.8 Å². The second kappa shape index (κ2) is 5.06. The predicted molar refractivity (Wildman–Crippen MR) is 63.3 cm³/mol. The fourth-order valence-electron chi connectivity index (χ4n) is 1.20. The summed E-state index contributed by atoms with van der Waals surface area (Å²) in [7, 11) is 0. The molecule has 0 aliphatic rings. The summed E-state index contributed by atoms with van der Waals surface area (Å²) in [6.07, 6.45) is 2.86. The molecule has 3 N–H and O–H groups in total. The number of hydrogen-bond donors (Lipinski definition) is 2. The van der Waals surface area contributed by atoms with Crippen molar-refractivity contribution in [2.45, 2.75) is 25.1 Å². The number of nitrogen functional groups attached to an aromatic ring is 1. The summed E-state index contributed by atoms with van der Waals surface area (Å²) in [5, 5.41) is 0.461. The fraction of sp³-hybridized carbons (Fsp3) is 0.556. The van der Waals surface area contributed by atoms with E-state index in [9.17, 15) is 9.59 Å². The zero-order valence-electron chi connectivity index (χ0n) is 8.82. The van der Waals surface area contributed by atoms with Crippen LogP contribution in [0.4, 0.5) is 5.82 Å². The first-order chi connectivity index (χ1) is 7.04. The van der Waals surface area contributed by atoms with Crippen LogP contribution < -0.4 is 17.0 Å². The Hall–Kier alpha value is -1.17. The van der Waals surface area contributed by atoms with Crippen LogP contribution in [0.3, 0.4) is 0 Å². The third-order valence-electron chi connectivity index (χ3n) is 2.23. The summed E-state index contributed by atoms with van der Waals surface area (Å²) in [5.41, 5.74) is 4.70. The Morgan fingerprint density at radius 3 is 2.80 bits per heavy atom. The maximum absolute atomic E-state index is 11.4. The van der Waals surface area contributed by atoms with Gasteiger partial charge in [0.25, 0.3) is 5.56 Å². The van der Waals surface area contributed by atoms with Gasteiger partial charge < -0.3 is 5.73 Å². The number of thioether (sulfide) groups is 1. The molecule has 0 fully saturated rings. The molecule has 0 aromatic carbocycles. The molecule has 1 aromatic rings. The molecule has 1 rings (SSSR count). The van der Waals surface area contributed by atoms with Crippen LogP contribution in [0.1, 0.15) is 13.3 Å². The van der Waals surface area contributed by atoms with Crippen molar-refractivity contribution in [3.05, 3.63) is 26.9 Å². The lowest BCUT2D eigenvalue weighted by Crippen LogP contribution is -2.31. The number of nitrogens with zero attached hydrogens (tertiary/aromatic N) is 1. The van der Waals surface area contributed by atoms with E-state index in [0.717, 1.165) is 6.42 Å². The van der Waals surface area contributed by atoms with Crippen LogP contribution in [0.2, 0.25) is 0 Å². The topological polar surface area (TPSA) is 80.9 Å². The van der Waals surface area contributed by atoms with Crippen LogP contribution in [0.25, 0.3) is 0 Å². The molecule has 15 heavy (non-hydrogen) atoms. The largest absolute Gasteiger partial charge is 0.385 e. The molecule has 0 radical (unpaired) electrons. The Morgan fingerprint density at radius 1 is 1.60 bits per heavy atom. The molecule has 0 amide bonds. The Morgan fingerprint density at radius 2 is 2.27 bits per heavy atom. The van der Waals surface area contributed by atoms with E-state index >= 15 is 0 Å². The van der Waals surface area contributed by atoms with E-state index in [1.165, 1.54) is 10.6 Å². The molecule has 1 atom stereocenters. The summed E-state index contributed by atoms with van der Waals surface area (Å²) in [5.74, 6) is 0.219. The quantitative estimate of drug-likeness (QED) is 0.776. The Bertz CT molecular complexity index is 438. The molecule has 1 aromatic heterocycles. The van der Waals surface area contributed by atoms with Gasteiger partial charge in [-0.15, -0.1) is 0 Å². The highest BCUT2D eigenvalue weighted by Crippen LogP contribution is 2.10. The first-order valence-corrected chi connectivity index (χ1v) is 5.96. The Kier molecular flexibility index (Phi) is 4.02. The van der Waals surface area contributed by atoms with Gasteiger partial charge in [0, 0.05) is 17.9 Å². The minimum absolute atomic E-state index is 0.219. The van der Waals surface area contributed by atoms with E-state index < -0.39 is 11.2 Å². The molecular formula is C9H15N3O2S. The van der Waals surface area contributed by atoms with Gasteiger partial charge in [-0.25, -0.2) is 4.79 Å². The minimum Gasteiger partial charge on any atom is -0.385 e. The third kappa shape index (κ3) is 3.16. The van der Waals surface area contributed by atoms with Gasteiger partial charge in [-0.1, -0.05) is 6.92 Å². The van der Waals surface area contributed by atoms with E-state index in [-0.39, 0.29) is 5.82 Å². The maximum Gasteiger partial charge on any atom is 0.329 e. The molecular weight excluding hydrogens is 214 g/mol. The summed E-state index contributed by atoms with van der Waals surface area (Å²) < 4.78 is 1.38. The zero-order chi connectivity index (χ0) is 11.4. The third-order valence-corrected chi connectivity index (χ3v) is 3.27. The molecule has 0 saturated heterocycles. The fourth-order valence-corrected chi connectivity index (χ4v) is 1.54. The highest BCUT2D eigenvalue weighted by molar-refractivity contribution is 7.99. The standard InChI is InChI=1S/C9H15N3O2S/c1-6(15-2)3-4-12-7(10)5-8(13)11-9(12)14/h5-6H,3-4,10H2,1-2H3,(H,11,13,14). The van der Waals surface area contributed by atoms with Gasteiger partial charge in [0.05, 0.1) is 0 Å². The number of nitrogens with two attached hydrogens (primary N) is 1. The molecule has 0 aliphatic heterocycles. The van der Waals surface area contributed by atoms with E-state index in [0.29, 0.717) is 11.8 Å². The second-order valence-electron chi connectivity index (χ2n) is 3.35.